The van der Waals surface area contributed by atoms with Gasteiger partial charge in [-0.3, -0.25) is 4.79 Å². The lowest BCUT2D eigenvalue weighted by molar-refractivity contribution is 0.104. The van der Waals surface area contributed by atoms with Gasteiger partial charge in [-0.05, 0) is 29.3 Å². The van der Waals surface area contributed by atoms with Crippen molar-refractivity contribution in [2.75, 3.05) is 7.11 Å². The van der Waals surface area contributed by atoms with Crippen molar-refractivity contribution >= 4 is 11.9 Å². The van der Waals surface area contributed by atoms with Crippen LogP contribution in [-0.4, -0.2) is 12.9 Å². The summed E-state index contributed by atoms with van der Waals surface area (Å²) in [6.45, 7) is 0. The van der Waals surface area contributed by atoms with Crippen LogP contribution >= 0.6 is 0 Å². The number of ketones is 1. The standard InChI is InChI=1S/C17H14O2/c1-19-15-8-6-12(7-9-15)10-14-11-13-4-2-3-5-16(13)17(14)18/h2-10H,11H2,1H3/b14-10+. The number of fused-ring (bicyclic) bond motifs is 1. The highest BCUT2D eigenvalue weighted by Gasteiger charge is 2.23. The number of benzene rings is 2. The molecule has 0 aliphatic heterocycles. The molecule has 0 unspecified atom stereocenters. The topological polar surface area (TPSA) is 26.3 Å². The highest BCUT2D eigenvalue weighted by atomic mass is 16.5. The molecule has 0 radical (unpaired) electrons. The highest BCUT2D eigenvalue weighted by molar-refractivity contribution is 6.15. The lowest BCUT2D eigenvalue weighted by Gasteiger charge is -2.00. The number of hydrogen-bond acceptors (Lipinski definition) is 2. The Morgan fingerprint density at radius 3 is 2.47 bits per heavy atom. The summed E-state index contributed by atoms with van der Waals surface area (Å²) >= 11 is 0. The Hall–Kier alpha value is -2.35. The first kappa shape index (κ1) is 11.7. The van der Waals surface area contributed by atoms with Gasteiger partial charge >= 0.3 is 0 Å². The molecule has 0 N–H and O–H groups in total. The summed E-state index contributed by atoms with van der Waals surface area (Å²) in [6.07, 6.45) is 2.68. The third-order valence-corrected chi connectivity index (χ3v) is 3.39. The molecule has 3 rings (SSSR count). The van der Waals surface area contributed by atoms with Crippen molar-refractivity contribution < 1.29 is 9.53 Å². The van der Waals surface area contributed by atoms with E-state index in [-0.39, 0.29) is 5.78 Å². The van der Waals surface area contributed by atoms with Crippen LogP contribution in [0.4, 0.5) is 0 Å². The number of rotatable bonds is 2. The molecular formula is C17H14O2. The Kier molecular flexibility index (Phi) is 2.92. The van der Waals surface area contributed by atoms with Crippen molar-refractivity contribution in [3.8, 4) is 5.75 Å². The van der Waals surface area contributed by atoms with E-state index in [1.165, 1.54) is 0 Å². The van der Waals surface area contributed by atoms with Gasteiger partial charge in [0.1, 0.15) is 5.75 Å². The van der Waals surface area contributed by atoms with Gasteiger partial charge in [-0.15, -0.1) is 0 Å². The summed E-state index contributed by atoms with van der Waals surface area (Å²) in [5.74, 6) is 0.967. The second-order valence-corrected chi connectivity index (χ2v) is 4.61. The van der Waals surface area contributed by atoms with E-state index in [1.54, 1.807) is 7.11 Å². The Labute approximate surface area is 112 Å². The molecule has 0 amide bonds. The van der Waals surface area contributed by atoms with E-state index in [4.69, 9.17) is 4.74 Å². The number of hydrogen-bond donors (Lipinski definition) is 0. The van der Waals surface area contributed by atoms with Crippen LogP contribution in [0.25, 0.3) is 6.08 Å². The summed E-state index contributed by atoms with van der Waals surface area (Å²) in [4.78, 5) is 12.2. The Morgan fingerprint density at radius 2 is 1.79 bits per heavy atom. The molecule has 2 aromatic carbocycles. The minimum absolute atomic E-state index is 0.145. The van der Waals surface area contributed by atoms with Gasteiger partial charge < -0.3 is 4.74 Å². The maximum Gasteiger partial charge on any atom is 0.189 e. The largest absolute Gasteiger partial charge is 0.497 e. The van der Waals surface area contributed by atoms with E-state index in [0.29, 0.717) is 0 Å². The van der Waals surface area contributed by atoms with Gasteiger partial charge in [0.2, 0.25) is 0 Å². The van der Waals surface area contributed by atoms with Crippen molar-refractivity contribution in [1.29, 1.82) is 0 Å². The number of carbonyl (C=O) groups excluding carboxylic acids is 1. The van der Waals surface area contributed by atoms with E-state index in [2.05, 4.69) is 0 Å². The zero-order chi connectivity index (χ0) is 13.2. The van der Waals surface area contributed by atoms with Crippen molar-refractivity contribution in [3.63, 3.8) is 0 Å². The van der Waals surface area contributed by atoms with Gasteiger partial charge in [0.05, 0.1) is 7.11 Å². The van der Waals surface area contributed by atoms with Gasteiger partial charge in [-0.1, -0.05) is 36.4 Å². The molecule has 2 nitrogen and oxygen atoms in total. The molecule has 0 heterocycles. The molecule has 0 saturated heterocycles. The molecule has 2 aromatic rings. The minimum atomic E-state index is 0.145. The molecule has 0 saturated carbocycles. The van der Waals surface area contributed by atoms with Crippen molar-refractivity contribution in [3.05, 3.63) is 70.8 Å². The van der Waals surface area contributed by atoms with Gasteiger partial charge in [0.25, 0.3) is 0 Å². The summed E-state index contributed by atoms with van der Waals surface area (Å²) in [5, 5.41) is 0. The maximum absolute atomic E-state index is 12.2. The molecule has 0 aromatic heterocycles. The zero-order valence-corrected chi connectivity index (χ0v) is 10.7. The quantitative estimate of drug-likeness (QED) is 0.762. The number of Topliss-reactive ketones (excluding diaryl/α,β-unsaturated/α-hetero) is 1. The molecule has 1 aliphatic carbocycles. The molecule has 1 aliphatic rings. The molecule has 0 fully saturated rings. The van der Waals surface area contributed by atoms with E-state index < -0.39 is 0 Å². The van der Waals surface area contributed by atoms with Crippen LogP contribution in [0.1, 0.15) is 21.5 Å². The molecule has 94 valence electrons. The van der Waals surface area contributed by atoms with E-state index in [9.17, 15) is 4.79 Å². The Bertz CT molecular complexity index is 651. The Balaban J connectivity index is 1.92. The number of methoxy groups -OCH3 is 1. The van der Waals surface area contributed by atoms with Crippen LogP contribution in [0, 0.1) is 0 Å². The monoisotopic (exact) mass is 250 g/mol. The average Bonchev–Trinajstić information content (AvgIpc) is 2.77. The highest BCUT2D eigenvalue weighted by Crippen LogP contribution is 2.27. The number of ether oxygens (including phenoxy) is 1. The number of carbonyl (C=O) groups is 1. The van der Waals surface area contributed by atoms with Crippen molar-refractivity contribution in [2.45, 2.75) is 6.42 Å². The van der Waals surface area contributed by atoms with Gasteiger partial charge in [-0.25, -0.2) is 0 Å². The van der Waals surface area contributed by atoms with Crippen LogP contribution in [-0.2, 0) is 6.42 Å². The lowest BCUT2D eigenvalue weighted by atomic mass is 10.1. The third kappa shape index (κ3) is 2.17. The SMILES string of the molecule is COc1ccc(/C=C2\Cc3ccccc3C2=O)cc1. The zero-order valence-electron chi connectivity index (χ0n) is 10.7. The molecule has 0 atom stereocenters. The molecule has 0 bridgehead atoms. The van der Waals surface area contributed by atoms with Crippen LogP contribution in [0.15, 0.2) is 54.1 Å². The molecular weight excluding hydrogens is 236 g/mol. The summed E-state index contributed by atoms with van der Waals surface area (Å²) in [5.41, 5.74) is 3.83. The van der Waals surface area contributed by atoms with Crippen molar-refractivity contribution in [1.82, 2.24) is 0 Å². The second-order valence-electron chi connectivity index (χ2n) is 4.61. The fraction of sp³-hybridized carbons (Fsp3) is 0.118. The molecule has 2 heteroatoms. The second kappa shape index (κ2) is 4.73. The van der Waals surface area contributed by atoms with Crippen LogP contribution < -0.4 is 4.74 Å². The van der Waals surface area contributed by atoms with Crippen molar-refractivity contribution in [2.24, 2.45) is 0 Å². The normalized spacial score (nSPS) is 15.6. The summed E-state index contributed by atoms with van der Waals surface area (Å²) in [6, 6.07) is 15.5. The van der Waals surface area contributed by atoms with E-state index in [1.807, 2.05) is 54.6 Å². The maximum atomic E-state index is 12.2. The fourth-order valence-electron chi connectivity index (χ4n) is 2.37. The first-order valence-electron chi connectivity index (χ1n) is 6.25. The van der Waals surface area contributed by atoms with Gasteiger partial charge in [0, 0.05) is 17.6 Å². The first-order chi connectivity index (χ1) is 9.28. The van der Waals surface area contributed by atoms with Crippen LogP contribution in [0.3, 0.4) is 0 Å². The summed E-state index contributed by atoms with van der Waals surface area (Å²) < 4.78 is 5.12. The lowest BCUT2D eigenvalue weighted by Crippen LogP contribution is -1.94. The number of allylic oxidation sites excluding steroid dienone is 1. The predicted octanol–water partition coefficient (Wildman–Crippen LogP) is 3.52. The minimum Gasteiger partial charge on any atom is -0.497 e. The first-order valence-corrected chi connectivity index (χ1v) is 6.25. The fourth-order valence-corrected chi connectivity index (χ4v) is 2.37. The van der Waals surface area contributed by atoms with Crippen LogP contribution in [0.2, 0.25) is 0 Å². The smallest absolute Gasteiger partial charge is 0.189 e. The summed E-state index contributed by atoms with van der Waals surface area (Å²) in [7, 11) is 1.64. The predicted molar refractivity (Wildman–Crippen MR) is 75.4 cm³/mol. The Morgan fingerprint density at radius 1 is 1.05 bits per heavy atom. The molecule has 19 heavy (non-hydrogen) atoms. The van der Waals surface area contributed by atoms with E-state index in [0.717, 1.165) is 34.4 Å². The van der Waals surface area contributed by atoms with Gasteiger partial charge in [-0.2, -0.15) is 0 Å². The molecule has 0 spiro atoms. The average molecular weight is 250 g/mol. The third-order valence-electron chi connectivity index (χ3n) is 3.39. The van der Waals surface area contributed by atoms with E-state index >= 15 is 0 Å². The van der Waals surface area contributed by atoms with Crippen LogP contribution in [0.5, 0.6) is 5.75 Å². The van der Waals surface area contributed by atoms with Gasteiger partial charge in [0.15, 0.2) is 5.78 Å².